The van der Waals surface area contributed by atoms with Crippen LogP contribution in [0.5, 0.6) is 0 Å². The molecule has 0 spiro atoms. The van der Waals surface area contributed by atoms with Gasteiger partial charge < -0.3 is 66.6 Å². The van der Waals surface area contributed by atoms with Crippen LogP contribution >= 0.6 is 0 Å². The number of oxazole rings is 2. The Morgan fingerprint density at radius 2 is 1.68 bits per heavy atom. The molecule has 3 aromatic heterocycles. The number of rotatable bonds is 23. The maximum Gasteiger partial charge on any atom is 0.336 e. The monoisotopic (exact) mass is 1300 g/mol. The number of anilines is 1. The van der Waals surface area contributed by atoms with E-state index in [4.69, 9.17) is 56.4 Å². The molecule has 0 saturated carbocycles. The van der Waals surface area contributed by atoms with Gasteiger partial charge in [0.2, 0.25) is 5.89 Å². The number of ether oxygens (including phenoxy) is 7. The third-order valence-electron chi connectivity index (χ3n) is 19.0. The normalized spacial score (nSPS) is 29.5. The Bertz CT molecular complexity index is 3430. The number of carbonyl (C=O) groups is 1. The lowest BCUT2D eigenvalue weighted by Gasteiger charge is -2.44. The van der Waals surface area contributed by atoms with Gasteiger partial charge in [-0.25, -0.2) is 19.6 Å². The van der Waals surface area contributed by atoms with Crippen LogP contribution in [0.4, 0.5) is 5.69 Å². The Labute approximate surface area is 555 Å². The predicted octanol–water partition coefficient (Wildman–Crippen LogP) is 13.3. The number of carbonyl (C=O) groups excluding carboxylic acids is 1. The largest absolute Gasteiger partial charge is 0.458 e. The van der Waals surface area contributed by atoms with E-state index in [0.29, 0.717) is 80.6 Å². The second kappa shape index (κ2) is 35.0. The third-order valence-corrected chi connectivity index (χ3v) is 19.0. The number of benzene rings is 1. The average Bonchev–Trinajstić information content (AvgIpc) is 0.955. The Morgan fingerprint density at radius 1 is 0.894 bits per heavy atom. The van der Waals surface area contributed by atoms with Crippen molar-refractivity contribution in [1.29, 1.82) is 0 Å². The topological polar surface area (TPSA) is 228 Å². The van der Waals surface area contributed by atoms with Gasteiger partial charge >= 0.3 is 11.6 Å². The zero-order valence-corrected chi connectivity index (χ0v) is 56.5. The number of unbranched alkanes of at least 4 members (excludes halogenated alkanes) is 6. The van der Waals surface area contributed by atoms with Crippen LogP contribution in [0.25, 0.3) is 23.1 Å². The van der Waals surface area contributed by atoms with E-state index in [1.54, 1.807) is 38.7 Å². The number of aromatic nitrogens is 2. The van der Waals surface area contributed by atoms with Crippen LogP contribution in [-0.2, 0) is 50.8 Å². The lowest BCUT2D eigenvalue weighted by molar-refractivity contribution is -0.286. The van der Waals surface area contributed by atoms with Crippen molar-refractivity contribution in [2.24, 2.45) is 11.8 Å². The summed E-state index contributed by atoms with van der Waals surface area (Å²) >= 11 is 0. The Morgan fingerprint density at radius 3 is 2.48 bits per heavy atom. The van der Waals surface area contributed by atoms with Gasteiger partial charge in [-0.1, -0.05) is 106 Å². The predicted molar refractivity (Wildman–Crippen MR) is 362 cm³/mol. The molecule has 94 heavy (non-hydrogen) atoms. The van der Waals surface area contributed by atoms with Crippen LogP contribution in [0.3, 0.4) is 0 Å². The number of esters is 1. The van der Waals surface area contributed by atoms with Gasteiger partial charge in [0.15, 0.2) is 11.7 Å². The molecule has 3 N–H and O–H groups in total. The van der Waals surface area contributed by atoms with Crippen LogP contribution in [0.2, 0.25) is 0 Å². The van der Waals surface area contributed by atoms with Crippen LogP contribution in [-0.4, -0.2) is 131 Å². The van der Waals surface area contributed by atoms with E-state index >= 15 is 0 Å². The molecular formula is C76H101N3O15. The van der Waals surface area contributed by atoms with Gasteiger partial charge in [-0.05, 0) is 127 Å². The van der Waals surface area contributed by atoms with Crippen molar-refractivity contribution in [1.82, 2.24) is 9.97 Å². The molecular weight excluding hydrogens is 1190 g/mol. The fourth-order valence-corrected chi connectivity index (χ4v) is 14.0. The van der Waals surface area contributed by atoms with Crippen LogP contribution in [0.1, 0.15) is 186 Å². The number of hydrogen-bond donors (Lipinski definition) is 3. The fraction of sp³-hybridized carbons (Fsp3) is 0.579. The summed E-state index contributed by atoms with van der Waals surface area (Å²) in [6.45, 7) is 18.2. The first-order valence-corrected chi connectivity index (χ1v) is 34.3. The van der Waals surface area contributed by atoms with Gasteiger partial charge in [-0.15, -0.1) is 0 Å². The first-order chi connectivity index (χ1) is 45.4. The Kier molecular flexibility index (Phi) is 26.7. The van der Waals surface area contributed by atoms with Crippen molar-refractivity contribution in [3.8, 4) is 11.8 Å². The first-order valence-electron chi connectivity index (χ1n) is 34.3. The second-order valence-electron chi connectivity index (χ2n) is 26.4. The van der Waals surface area contributed by atoms with Crippen LogP contribution in [0.15, 0.2) is 127 Å². The molecule has 4 aromatic rings. The molecule has 0 unspecified atom stereocenters. The zero-order valence-electron chi connectivity index (χ0n) is 56.5. The zero-order chi connectivity index (χ0) is 66.7. The molecule has 0 aliphatic carbocycles. The quantitative estimate of drug-likeness (QED) is 0.0157. The highest BCUT2D eigenvalue weighted by atomic mass is 16.6. The van der Waals surface area contributed by atoms with Crippen molar-refractivity contribution in [3.05, 3.63) is 148 Å². The minimum absolute atomic E-state index is 0.104. The summed E-state index contributed by atoms with van der Waals surface area (Å²) in [5.41, 5.74) is 6.32. The molecule has 8 heterocycles. The molecule has 4 fully saturated rings. The van der Waals surface area contributed by atoms with Gasteiger partial charge in [0.1, 0.15) is 41.7 Å². The third kappa shape index (κ3) is 20.5. The highest BCUT2D eigenvalue weighted by Crippen LogP contribution is 2.40. The minimum atomic E-state index is -1.77. The summed E-state index contributed by atoms with van der Waals surface area (Å²) in [5.74, 6) is 4.31. The number of aliphatic hydroxyl groups is 3. The summed E-state index contributed by atoms with van der Waals surface area (Å²) in [4.78, 5) is 37.8. The molecule has 510 valence electrons. The maximum absolute atomic E-state index is 13.7. The molecule has 0 amide bonds. The van der Waals surface area contributed by atoms with Gasteiger partial charge in [0, 0.05) is 101 Å². The number of fused-ring (bicyclic) bond motifs is 10. The van der Waals surface area contributed by atoms with Crippen molar-refractivity contribution in [2.75, 3.05) is 32.2 Å². The van der Waals surface area contributed by atoms with E-state index in [1.165, 1.54) is 18.8 Å². The molecule has 8 bridgehead atoms. The van der Waals surface area contributed by atoms with E-state index in [0.717, 1.165) is 91.4 Å². The molecule has 18 nitrogen and oxygen atoms in total. The van der Waals surface area contributed by atoms with E-state index in [2.05, 4.69) is 55.4 Å². The van der Waals surface area contributed by atoms with Crippen LogP contribution < -0.4 is 10.5 Å². The molecule has 9 rings (SSSR count). The molecule has 4 saturated heterocycles. The van der Waals surface area contributed by atoms with Crippen LogP contribution in [0, 0.1) is 23.7 Å². The fourth-order valence-electron chi connectivity index (χ4n) is 14.0. The molecule has 15 atom stereocenters. The maximum atomic E-state index is 13.7. The van der Waals surface area contributed by atoms with Gasteiger partial charge in [-0.3, -0.25) is 0 Å². The summed E-state index contributed by atoms with van der Waals surface area (Å²) in [6.07, 6.45) is 29.5. The molecule has 5 aliphatic heterocycles. The lowest BCUT2D eigenvalue weighted by Crippen LogP contribution is -2.51. The number of hydrogen-bond acceptors (Lipinski definition) is 18. The van der Waals surface area contributed by atoms with Gasteiger partial charge in [-0.2, -0.15) is 0 Å². The number of aryl methyl sites for hydroxylation is 1. The Balaban J connectivity index is 0.743. The molecule has 5 aliphatic rings. The summed E-state index contributed by atoms with van der Waals surface area (Å²) in [7, 11) is 3.22. The van der Waals surface area contributed by atoms with E-state index < -0.39 is 54.5 Å². The summed E-state index contributed by atoms with van der Waals surface area (Å²) < 4.78 is 61.4. The summed E-state index contributed by atoms with van der Waals surface area (Å²) in [6, 6.07) is 7.86. The number of methoxy groups -OCH3 is 2. The molecule has 18 heteroatoms. The van der Waals surface area contributed by atoms with E-state index in [1.807, 2.05) is 70.2 Å². The van der Waals surface area contributed by atoms with Crippen molar-refractivity contribution >= 4 is 34.8 Å². The number of allylic oxidation sites excluding steroid dienone is 4. The van der Waals surface area contributed by atoms with Crippen molar-refractivity contribution in [2.45, 2.75) is 243 Å². The standard InChI is InChI=1S/C76H101N3O15/c1-10-79(11-2)56-32-34-63-54(39-73(83)91-67(63)40-56)25-21-19-17-15-13-12-14-16-18-20-22-26-58(85-8)33-31-49(3)37-65(81)69-44-62(86-9)45-76(84,94-69)46-71-77-55(47-87-71)38-51(5)74-53(7)75-52(6)66(92-74)28-24-29-70-78-64(48-88-70)68-42-57(80)41-61(90-68)43-60-36-50(4)35-59(89-60)27-23-30-72(82)93-75/h16,18,23-24,29-34,37-40,47-48,52-53,57-62,65-66,68-69,74-75,80-81,84H,4,10-15,17,19,21,25-28,35-36,41-46H2,1-3,5-9H3/b18-16+,29-24-,30-23-,33-31+,49-37+,51-38+/t52-,53-,57+,58+,59-,60+,61-,62+,65+,66+,68+,69+,74-,75-,76-/m0/s1. The lowest BCUT2D eigenvalue weighted by atomic mass is 9.79. The SMILES string of the molecule is C=C1C[C@@H]2C[C@@H]3C[C@@H](O)C[C@@H](O3)c3coc(n3)/C=C\C[C@H]3O[C@@H](/C(C)=C/c4coc(C[C@]5(O)C[C@H](OC)C[C@H]([C@H](O)/C=C(C)/C=C/[C@@H](CC#C/C=C/CCCCCCCCc6cc(=O)oc7cc(N(CC)CC)ccc67)OC)O5)n4)[C@H](C)[C@@H](OC(=O)/C=C\C[C@@H](C1)O2)[C@H]3C. The summed E-state index contributed by atoms with van der Waals surface area (Å²) in [5, 5.41) is 35.5. The minimum Gasteiger partial charge on any atom is -0.458 e. The first kappa shape index (κ1) is 71.8. The number of nitrogens with zero attached hydrogens (tertiary/aromatic N) is 3. The Hall–Kier alpha value is -6.50. The molecule has 0 radical (unpaired) electrons. The average molecular weight is 1300 g/mol. The van der Waals surface area contributed by atoms with Crippen molar-refractivity contribution < 1.29 is 66.5 Å². The van der Waals surface area contributed by atoms with Crippen molar-refractivity contribution in [3.63, 3.8) is 0 Å². The number of aliphatic hydroxyl groups excluding tert-OH is 2. The van der Waals surface area contributed by atoms with E-state index in [9.17, 15) is 24.9 Å². The highest BCUT2D eigenvalue weighted by molar-refractivity contribution is 5.84. The smallest absolute Gasteiger partial charge is 0.336 e. The van der Waals surface area contributed by atoms with E-state index in [-0.39, 0.29) is 66.7 Å². The van der Waals surface area contributed by atoms with Gasteiger partial charge in [0.25, 0.3) is 0 Å². The molecule has 1 aromatic carbocycles. The highest BCUT2D eigenvalue weighted by Gasteiger charge is 2.46. The second-order valence-corrected chi connectivity index (χ2v) is 26.4. The van der Waals surface area contributed by atoms with Gasteiger partial charge in [0.05, 0.1) is 67.5 Å².